The lowest BCUT2D eigenvalue weighted by Gasteiger charge is -2.03. The third kappa shape index (κ3) is 7.76. The van der Waals surface area contributed by atoms with Crippen molar-refractivity contribution in [2.75, 3.05) is 19.7 Å². The van der Waals surface area contributed by atoms with Crippen molar-refractivity contribution in [3.05, 3.63) is 12.2 Å². The van der Waals surface area contributed by atoms with Gasteiger partial charge in [-0.1, -0.05) is 19.4 Å². The molecule has 0 amide bonds. The molecule has 14 heavy (non-hydrogen) atoms. The average Bonchev–Trinajstić information content (AvgIpc) is 2.16. The summed E-state index contributed by atoms with van der Waals surface area (Å²) in [5, 5.41) is 20.0. The number of carbonyl (C=O) groups is 1. The third-order valence-corrected chi connectivity index (χ3v) is 1.90. The first kappa shape index (κ1) is 13.1. The van der Waals surface area contributed by atoms with Crippen LogP contribution in [0.1, 0.15) is 25.7 Å². The zero-order valence-corrected chi connectivity index (χ0v) is 8.46. The predicted octanol–water partition coefficient (Wildman–Crippen LogP) is 0.769. The molecule has 0 fully saturated rings. The van der Waals surface area contributed by atoms with E-state index < -0.39 is 5.97 Å². The Balaban J connectivity index is 3.13. The molecule has 0 aromatic carbocycles. The highest BCUT2D eigenvalue weighted by Gasteiger charge is 2.01. The molecule has 0 saturated heterocycles. The summed E-state index contributed by atoms with van der Waals surface area (Å²) < 4.78 is 0. The Kier molecular flexibility index (Phi) is 8.17. The summed E-state index contributed by atoms with van der Waals surface area (Å²) in [5.41, 5.74) is 0.195. The van der Waals surface area contributed by atoms with Crippen LogP contribution in [0.5, 0.6) is 0 Å². The lowest BCUT2D eigenvalue weighted by atomic mass is 10.2. The van der Waals surface area contributed by atoms with E-state index in [2.05, 4.69) is 11.9 Å². The van der Waals surface area contributed by atoms with E-state index >= 15 is 0 Å². The first-order valence-electron chi connectivity index (χ1n) is 4.91. The Morgan fingerprint density at radius 3 is 2.43 bits per heavy atom. The van der Waals surface area contributed by atoms with E-state index in [1.807, 2.05) is 0 Å². The normalized spacial score (nSPS) is 10.1. The maximum absolute atomic E-state index is 10.3. The van der Waals surface area contributed by atoms with Gasteiger partial charge in [-0.25, -0.2) is 4.79 Å². The third-order valence-electron chi connectivity index (χ3n) is 1.90. The molecule has 3 N–H and O–H groups in total. The van der Waals surface area contributed by atoms with Crippen molar-refractivity contribution in [2.24, 2.45) is 0 Å². The fourth-order valence-corrected chi connectivity index (χ4v) is 1.03. The molecule has 0 aromatic heterocycles. The Morgan fingerprint density at radius 1 is 1.21 bits per heavy atom. The molecule has 82 valence electrons. The van der Waals surface area contributed by atoms with Crippen molar-refractivity contribution < 1.29 is 15.0 Å². The number of unbranched alkanes of at least 4 members (excludes halogenated alkanes) is 3. The second-order valence-corrected chi connectivity index (χ2v) is 3.22. The summed E-state index contributed by atoms with van der Waals surface area (Å²) in [6.45, 7) is 4.81. The Labute approximate surface area is 84.6 Å². The van der Waals surface area contributed by atoms with Crippen LogP contribution < -0.4 is 5.32 Å². The van der Waals surface area contributed by atoms with Crippen LogP contribution in [0.3, 0.4) is 0 Å². The maximum Gasteiger partial charge on any atom is 0.332 e. The molecule has 0 unspecified atom stereocenters. The van der Waals surface area contributed by atoms with E-state index in [1.165, 1.54) is 0 Å². The van der Waals surface area contributed by atoms with E-state index in [0.717, 1.165) is 32.2 Å². The van der Waals surface area contributed by atoms with Gasteiger partial charge in [0.2, 0.25) is 0 Å². The van der Waals surface area contributed by atoms with Crippen LogP contribution in [-0.2, 0) is 4.79 Å². The molecule has 0 aliphatic carbocycles. The highest BCUT2D eigenvalue weighted by atomic mass is 16.4. The molecule has 0 aromatic rings. The molecule has 4 nitrogen and oxygen atoms in total. The number of aliphatic hydroxyl groups excluding tert-OH is 1. The lowest BCUT2D eigenvalue weighted by Crippen LogP contribution is -2.21. The Morgan fingerprint density at radius 2 is 1.86 bits per heavy atom. The van der Waals surface area contributed by atoms with Crippen LogP contribution >= 0.6 is 0 Å². The van der Waals surface area contributed by atoms with Crippen molar-refractivity contribution in [2.45, 2.75) is 25.7 Å². The minimum Gasteiger partial charge on any atom is -0.478 e. The molecular weight excluding hydrogens is 182 g/mol. The Bertz CT molecular complexity index is 180. The van der Waals surface area contributed by atoms with E-state index in [0.29, 0.717) is 6.54 Å². The van der Waals surface area contributed by atoms with Crippen molar-refractivity contribution in [3.63, 3.8) is 0 Å². The largest absolute Gasteiger partial charge is 0.478 e. The average molecular weight is 201 g/mol. The topological polar surface area (TPSA) is 69.6 Å². The minimum atomic E-state index is -0.946. The summed E-state index contributed by atoms with van der Waals surface area (Å²) >= 11 is 0. The quantitative estimate of drug-likeness (QED) is 0.380. The number of aliphatic carboxylic acids is 1. The predicted molar refractivity (Wildman–Crippen MR) is 55.2 cm³/mol. The molecule has 0 bridgehead atoms. The molecular formula is C10H19NO3. The second kappa shape index (κ2) is 8.72. The molecule has 0 rings (SSSR count). The van der Waals surface area contributed by atoms with Gasteiger partial charge in [0.05, 0.1) is 0 Å². The number of carboxylic acids is 1. The van der Waals surface area contributed by atoms with E-state index in [4.69, 9.17) is 10.2 Å². The summed E-state index contributed by atoms with van der Waals surface area (Å²) in [4.78, 5) is 10.3. The number of nitrogens with one attached hydrogen (secondary N) is 1. The molecule has 0 saturated carbocycles. The first-order chi connectivity index (χ1) is 6.68. The number of hydrogen-bond acceptors (Lipinski definition) is 3. The van der Waals surface area contributed by atoms with E-state index in [1.54, 1.807) is 0 Å². The van der Waals surface area contributed by atoms with Crippen molar-refractivity contribution in [3.8, 4) is 0 Å². The smallest absolute Gasteiger partial charge is 0.332 e. The zero-order valence-electron chi connectivity index (χ0n) is 8.46. The number of hydrogen-bond donors (Lipinski definition) is 3. The van der Waals surface area contributed by atoms with E-state index in [-0.39, 0.29) is 12.2 Å². The lowest BCUT2D eigenvalue weighted by molar-refractivity contribution is -0.132. The van der Waals surface area contributed by atoms with Crippen molar-refractivity contribution in [1.82, 2.24) is 5.32 Å². The van der Waals surface area contributed by atoms with Crippen LogP contribution in [0, 0.1) is 0 Å². The molecule has 4 heteroatoms. The second-order valence-electron chi connectivity index (χ2n) is 3.22. The van der Waals surface area contributed by atoms with Gasteiger partial charge in [-0.15, -0.1) is 0 Å². The summed E-state index contributed by atoms with van der Waals surface area (Å²) in [5.74, 6) is -0.946. The first-order valence-corrected chi connectivity index (χ1v) is 4.91. The van der Waals surface area contributed by atoms with Gasteiger partial charge in [-0.05, 0) is 19.4 Å². The summed E-state index contributed by atoms with van der Waals surface area (Å²) in [6, 6.07) is 0. The van der Waals surface area contributed by atoms with Crippen molar-refractivity contribution in [1.29, 1.82) is 0 Å². The molecule has 0 atom stereocenters. The van der Waals surface area contributed by atoms with Gasteiger partial charge in [0.15, 0.2) is 0 Å². The van der Waals surface area contributed by atoms with Gasteiger partial charge in [0.25, 0.3) is 0 Å². The molecule has 0 aliphatic rings. The maximum atomic E-state index is 10.3. The number of carboxylic acid groups (broad SMARTS) is 1. The molecule has 0 heterocycles. The minimum absolute atomic E-state index is 0.195. The molecule has 0 radical (unpaired) electrons. The van der Waals surface area contributed by atoms with Crippen LogP contribution in [0.2, 0.25) is 0 Å². The van der Waals surface area contributed by atoms with E-state index in [9.17, 15) is 4.79 Å². The van der Waals surface area contributed by atoms with Gasteiger partial charge in [-0.2, -0.15) is 0 Å². The summed E-state index contributed by atoms with van der Waals surface area (Å²) in [7, 11) is 0. The highest BCUT2D eigenvalue weighted by Crippen LogP contribution is 1.97. The zero-order chi connectivity index (χ0) is 10.8. The number of rotatable bonds is 9. The van der Waals surface area contributed by atoms with Gasteiger partial charge >= 0.3 is 5.97 Å². The van der Waals surface area contributed by atoms with Gasteiger partial charge in [0, 0.05) is 18.7 Å². The Hall–Kier alpha value is -0.870. The fraction of sp³-hybridized carbons (Fsp3) is 0.700. The van der Waals surface area contributed by atoms with Crippen LogP contribution in [0.25, 0.3) is 0 Å². The molecule has 0 spiro atoms. The fourth-order valence-electron chi connectivity index (χ4n) is 1.03. The van der Waals surface area contributed by atoms with Gasteiger partial charge in [0.1, 0.15) is 0 Å². The van der Waals surface area contributed by atoms with Crippen LogP contribution in [-0.4, -0.2) is 35.9 Å². The van der Waals surface area contributed by atoms with Crippen LogP contribution in [0.4, 0.5) is 0 Å². The standard InChI is InChI=1S/C10H19NO3/c1-9(10(13)14)8-11-6-4-2-3-5-7-12/h11-12H,1-8H2,(H,13,14). The highest BCUT2D eigenvalue weighted by molar-refractivity contribution is 5.86. The molecule has 0 aliphatic heterocycles. The van der Waals surface area contributed by atoms with Crippen LogP contribution in [0.15, 0.2) is 12.2 Å². The SMILES string of the molecule is C=C(CNCCCCCCO)C(=O)O. The monoisotopic (exact) mass is 201 g/mol. The number of aliphatic hydroxyl groups is 1. The van der Waals surface area contributed by atoms with Crippen molar-refractivity contribution >= 4 is 5.97 Å². The van der Waals surface area contributed by atoms with Gasteiger partial charge in [-0.3, -0.25) is 0 Å². The van der Waals surface area contributed by atoms with Gasteiger partial charge < -0.3 is 15.5 Å². The summed E-state index contributed by atoms with van der Waals surface area (Å²) in [6.07, 6.45) is 3.94.